The van der Waals surface area contributed by atoms with Crippen molar-refractivity contribution in [3.8, 4) is 0 Å². The summed E-state index contributed by atoms with van der Waals surface area (Å²) in [5.74, 6) is -0.216. The molecule has 88 valence electrons. The van der Waals surface area contributed by atoms with Crippen LogP contribution >= 0.6 is 11.8 Å². The van der Waals surface area contributed by atoms with Crippen molar-refractivity contribution in [3.05, 3.63) is 54.0 Å². The third-order valence-electron chi connectivity index (χ3n) is 2.21. The van der Waals surface area contributed by atoms with Gasteiger partial charge in [0.1, 0.15) is 10.8 Å². The highest BCUT2D eigenvalue weighted by Gasteiger charge is 1.99. The van der Waals surface area contributed by atoms with E-state index in [0.29, 0.717) is 0 Å². The highest BCUT2D eigenvalue weighted by atomic mass is 32.2. The molecule has 1 heterocycles. The molecule has 2 aromatic rings. The predicted molar refractivity (Wildman–Crippen MR) is 67.5 cm³/mol. The Hall–Kier alpha value is -1.39. The van der Waals surface area contributed by atoms with Gasteiger partial charge >= 0.3 is 0 Å². The first-order valence-electron chi connectivity index (χ1n) is 5.31. The van der Waals surface area contributed by atoms with E-state index in [9.17, 15) is 4.39 Å². The van der Waals surface area contributed by atoms with E-state index >= 15 is 0 Å². The average Bonchev–Trinajstić information content (AvgIpc) is 2.35. The second kappa shape index (κ2) is 5.80. The lowest BCUT2D eigenvalue weighted by Gasteiger charge is -2.03. The molecule has 0 saturated carbocycles. The Labute approximate surface area is 104 Å². The molecule has 0 unspecified atom stereocenters. The van der Waals surface area contributed by atoms with Gasteiger partial charge in [0.15, 0.2) is 0 Å². The van der Waals surface area contributed by atoms with Gasteiger partial charge in [-0.25, -0.2) is 9.37 Å². The average molecular weight is 248 g/mol. The number of benzene rings is 1. The van der Waals surface area contributed by atoms with E-state index in [1.807, 2.05) is 25.4 Å². The zero-order chi connectivity index (χ0) is 12.1. The fourth-order valence-electron chi connectivity index (χ4n) is 1.40. The Morgan fingerprint density at radius 2 is 1.94 bits per heavy atom. The fraction of sp³-hybridized carbons (Fsp3) is 0.154. The summed E-state index contributed by atoms with van der Waals surface area (Å²) in [4.78, 5) is 5.33. The molecule has 0 radical (unpaired) electrons. The largest absolute Gasteiger partial charge is 0.316 e. The highest BCUT2D eigenvalue weighted by Crippen LogP contribution is 2.25. The maximum Gasteiger partial charge on any atom is 0.123 e. The number of hydrogen-bond donors (Lipinski definition) is 1. The fourth-order valence-corrected chi connectivity index (χ4v) is 2.16. The van der Waals surface area contributed by atoms with Crippen LogP contribution in [0.25, 0.3) is 0 Å². The number of rotatable bonds is 4. The molecular weight excluding hydrogens is 235 g/mol. The maximum atomic E-state index is 12.7. The smallest absolute Gasteiger partial charge is 0.123 e. The van der Waals surface area contributed by atoms with Crippen molar-refractivity contribution in [2.75, 3.05) is 7.05 Å². The molecule has 0 spiro atoms. The van der Waals surface area contributed by atoms with Crippen LogP contribution in [0, 0.1) is 5.82 Å². The minimum absolute atomic E-state index is 0.216. The molecule has 17 heavy (non-hydrogen) atoms. The Balaban J connectivity index is 2.05. The zero-order valence-corrected chi connectivity index (χ0v) is 10.3. The van der Waals surface area contributed by atoms with Crippen LogP contribution in [0.15, 0.2) is 52.5 Å². The number of aromatic nitrogens is 1. The van der Waals surface area contributed by atoms with Crippen molar-refractivity contribution in [2.45, 2.75) is 16.5 Å². The van der Waals surface area contributed by atoms with Crippen molar-refractivity contribution >= 4 is 11.8 Å². The van der Waals surface area contributed by atoms with Crippen molar-refractivity contribution in [3.63, 3.8) is 0 Å². The summed E-state index contributed by atoms with van der Waals surface area (Å²) in [5, 5.41) is 3.98. The standard InChI is InChI=1S/C13H13FN2S/c1-15-8-10-2-7-13(16-9-10)17-12-5-3-11(14)4-6-12/h2-7,9,15H,8H2,1H3. The lowest BCUT2D eigenvalue weighted by molar-refractivity contribution is 0.626. The third-order valence-corrected chi connectivity index (χ3v) is 3.17. The van der Waals surface area contributed by atoms with Gasteiger partial charge in [0, 0.05) is 17.6 Å². The molecule has 2 rings (SSSR count). The van der Waals surface area contributed by atoms with Gasteiger partial charge in [-0.1, -0.05) is 17.8 Å². The Kier molecular flexibility index (Phi) is 4.12. The van der Waals surface area contributed by atoms with Gasteiger partial charge in [0.2, 0.25) is 0 Å². The van der Waals surface area contributed by atoms with E-state index in [2.05, 4.69) is 10.3 Å². The molecule has 1 aromatic heterocycles. The molecule has 0 saturated heterocycles. The van der Waals surface area contributed by atoms with E-state index in [1.165, 1.54) is 23.9 Å². The summed E-state index contributed by atoms with van der Waals surface area (Å²) in [5.41, 5.74) is 1.15. The van der Waals surface area contributed by atoms with E-state index in [1.54, 1.807) is 12.1 Å². The lowest BCUT2D eigenvalue weighted by Crippen LogP contribution is -2.04. The topological polar surface area (TPSA) is 24.9 Å². The van der Waals surface area contributed by atoms with Crippen molar-refractivity contribution in [1.82, 2.24) is 10.3 Å². The van der Waals surface area contributed by atoms with Crippen LogP contribution in [0.1, 0.15) is 5.56 Å². The maximum absolute atomic E-state index is 12.7. The molecular formula is C13H13FN2S. The van der Waals surface area contributed by atoms with E-state index in [-0.39, 0.29) is 5.82 Å². The van der Waals surface area contributed by atoms with Gasteiger partial charge in [-0.2, -0.15) is 0 Å². The van der Waals surface area contributed by atoms with Crippen LogP contribution in [0.5, 0.6) is 0 Å². The first kappa shape index (κ1) is 12.1. The molecule has 0 aliphatic carbocycles. The molecule has 0 bridgehead atoms. The molecule has 0 aliphatic rings. The van der Waals surface area contributed by atoms with Crippen LogP contribution in [-0.2, 0) is 6.54 Å². The number of pyridine rings is 1. The van der Waals surface area contributed by atoms with Crippen molar-refractivity contribution < 1.29 is 4.39 Å². The summed E-state index contributed by atoms with van der Waals surface area (Å²) < 4.78 is 12.7. The van der Waals surface area contributed by atoms with E-state index in [0.717, 1.165) is 22.0 Å². The van der Waals surface area contributed by atoms with Crippen LogP contribution in [-0.4, -0.2) is 12.0 Å². The van der Waals surface area contributed by atoms with Crippen LogP contribution < -0.4 is 5.32 Å². The van der Waals surface area contributed by atoms with E-state index < -0.39 is 0 Å². The quantitative estimate of drug-likeness (QED) is 0.900. The first-order valence-corrected chi connectivity index (χ1v) is 6.12. The number of halogens is 1. The SMILES string of the molecule is CNCc1ccc(Sc2ccc(F)cc2)nc1. The van der Waals surface area contributed by atoms with Gasteiger partial charge in [-0.05, 0) is 42.9 Å². The second-order valence-corrected chi connectivity index (χ2v) is 4.68. The normalized spacial score (nSPS) is 10.5. The first-order chi connectivity index (χ1) is 8.28. The predicted octanol–water partition coefficient (Wildman–Crippen LogP) is 3.09. The molecule has 0 fully saturated rings. The molecule has 0 amide bonds. The van der Waals surface area contributed by atoms with Gasteiger partial charge < -0.3 is 5.32 Å². The second-order valence-electron chi connectivity index (χ2n) is 3.59. The van der Waals surface area contributed by atoms with Crippen LogP contribution in [0.4, 0.5) is 4.39 Å². The number of hydrogen-bond acceptors (Lipinski definition) is 3. The van der Waals surface area contributed by atoms with Gasteiger partial charge in [-0.3, -0.25) is 0 Å². The lowest BCUT2D eigenvalue weighted by atomic mass is 10.3. The van der Waals surface area contributed by atoms with Gasteiger partial charge in [-0.15, -0.1) is 0 Å². The highest BCUT2D eigenvalue weighted by molar-refractivity contribution is 7.99. The third kappa shape index (κ3) is 3.54. The molecule has 1 N–H and O–H groups in total. The Morgan fingerprint density at radius 3 is 2.53 bits per heavy atom. The van der Waals surface area contributed by atoms with Crippen LogP contribution in [0.3, 0.4) is 0 Å². The van der Waals surface area contributed by atoms with Crippen LogP contribution in [0.2, 0.25) is 0 Å². The van der Waals surface area contributed by atoms with Crippen molar-refractivity contribution in [1.29, 1.82) is 0 Å². The molecule has 0 aliphatic heterocycles. The summed E-state index contributed by atoms with van der Waals surface area (Å²) >= 11 is 1.52. The minimum atomic E-state index is -0.216. The molecule has 0 atom stereocenters. The van der Waals surface area contributed by atoms with Gasteiger partial charge in [0.05, 0.1) is 0 Å². The summed E-state index contributed by atoms with van der Waals surface area (Å²) in [7, 11) is 1.90. The van der Waals surface area contributed by atoms with Crippen molar-refractivity contribution in [2.24, 2.45) is 0 Å². The molecule has 4 heteroatoms. The number of nitrogens with one attached hydrogen (secondary N) is 1. The Morgan fingerprint density at radius 1 is 1.18 bits per heavy atom. The monoisotopic (exact) mass is 248 g/mol. The number of nitrogens with zero attached hydrogens (tertiary/aromatic N) is 1. The summed E-state index contributed by atoms with van der Waals surface area (Å²) in [6, 6.07) is 10.4. The molecule has 1 aromatic carbocycles. The Bertz CT molecular complexity index is 468. The van der Waals surface area contributed by atoms with E-state index in [4.69, 9.17) is 0 Å². The zero-order valence-electron chi connectivity index (χ0n) is 9.48. The molecule has 2 nitrogen and oxygen atoms in total. The summed E-state index contributed by atoms with van der Waals surface area (Å²) in [6.07, 6.45) is 1.85. The minimum Gasteiger partial charge on any atom is -0.316 e. The van der Waals surface area contributed by atoms with Gasteiger partial charge in [0.25, 0.3) is 0 Å². The summed E-state index contributed by atoms with van der Waals surface area (Å²) in [6.45, 7) is 0.814.